The Labute approximate surface area is 164 Å². The highest BCUT2D eigenvalue weighted by Crippen LogP contribution is 2.28. The summed E-state index contributed by atoms with van der Waals surface area (Å²) in [6.07, 6.45) is -6.93. The lowest BCUT2D eigenvalue weighted by atomic mass is 10.1. The summed E-state index contributed by atoms with van der Waals surface area (Å²) in [4.78, 5) is 19.4. The first kappa shape index (κ1) is 20.8. The van der Waals surface area contributed by atoms with E-state index < -0.39 is 18.5 Å². The average molecular weight is 413 g/mol. The molecule has 0 atom stereocenters. The van der Waals surface area contributed by atoms with E-state index in [2.05, 4.69) is 9.72 Å². The van der Waals surface area contributed by atoms with Crippen molar-refractivity contribution in [3.63, 3.8) is 0 Å². The number of hydrogen-bond donors (Lipinski definition) is 1. The predicted octanol–water partition coefficient (Wildman–Crippen LogP) is 3.34. The molecule has 2 aromatic rings. The molecular weight excluding hydrogens is 394 g/mol. The van der Waals surface area contributed by atoms with Crippen LogP contribution in [0.1, 0.15) is 15.9 Å². The fourth-order valence-corrected chi connectivity index (χ4v) is 3.10. The van der Waals surface area contributed by atoms with Gasteiger partial charge >= 0.3 is 18.5 Å². The molecule has 1 saturated heterocycles. The molecule has 0 unspecified atom stereocenters. The Hall–Kier alpha value is -2.88. The second-order valence-electron chi connectivity index (χ2n) is 6.55. The van der Waals surface area contributed by atoms with Gasteiger partial charge in [0, 0.05) is 38.9 Å². The van der Waals surface area contributed by atoms with Crippen LogP contribution in [0.25, 0.3) is 0 Å². The van der Waals surface area contributed by atoms with E-state index in [4.69, 9.17) is 0 Å². The van der Waals surface area contributed by atoms with Crippen LogP contribution in [0, 0.1) is 0 Å². The molecule has 3 rings (SSSR count). The highest BCUT2D eigenvalue weighted by molar-refractivity contribution is 5.93. The molecule has 29 heavy (non-hydrogen) atoms. The number of anilines is 1. The van der Waals surface area contributed by atoms with Gasteiger partial charge in [0.1, 0.15) is 17.1 Å². The Morgan fingerprint density at radius 3 is 2.55 bits per heavy atom. The highest BCUT2D eigenvalue weighted by Gasteiger charge is 2.44. The fourth-order valence-electron chi connectivity index (χ4n) is 3.10. The largest absolute Gasteiger partial charge is 0.478 e. The lowest BCUT2D eigenvalue weighted by Gasteiger charge is -2.35. The van der Waals surface area contributed by atoms with Crippen molar-refractivity contribution in [1.82, 2.24) is 9.88 Å². The number of carbonyl (C=O) groups is 1. The molecule has 1 aliphatic heterocycles. The number of hydrogen-bond acceptors (Lipinski definition) is 5. The standard InChI is InChI=1S/C19H19F4N3O3/c20-18(21)19(22,23)29-14-4-1-3-13(11-14)12-25-7-9-26(10-8-25)16-15(17(27)28)5-2-6-24-16/h1-6,11,18H,7-10,12H2,(H,27,28). The first-order valence-electron chi connectivity index (χ1n) is 8.86. The molecule has 1 aromatic carbocycles. The van der Waals surface area contributed by atoms with E-state index in [0.717, 1.165) is 0 Å². The summed E-state index contributed by atoms with van der Waals surface area (Å²) in [5.74, 6) is -0.969. The van der Waals surface area contributed by atoms with Crippen molar-refractivity contribution in [2.45, 2.75) is 19.1 Å². The van der Waals surface area contributed by atoms with Crippen molar-refractivity contribution >= 4 is 11.8 Å². The summed E-state index contributed by atoms with van der Waals surface area (Å²) in [6, 6.07) is 8.74. The van der Waals surface area contributed by atoms with Gasteiger partial charge in [0.2, 0.25) is 0 Å². The number of aromatic nitrogens is 1. The Kier molecular flexibility index (Phi) is 6.21. The van der Waals surface area contributed by atoms with Crippen LogP contribution in [0.2, 0.25) is 0 Å². The van der Waals surface area contributed by atoms with Gasteiger partial charge in [-0.15, -0.1) is 0 Å². The first-order valence-corrected chi connectivity index (χ1v) is 8.86. The maximum atomic E-state index is 13.1. The zero-order valence-corrected chi connectivity index (χ0v) is 15.3. The quantitative estimate of drug-likeness (QED) is 0.703. The molecule has 156 valence electrons. The number of rotatable bonds is 7. The molecular formula is C19H19F4N3O3. The molecule has 1 N–H and O–H groups in total. The smallest absolute Gasteiger partial charge is 0.461 e. The SMILES string of the molecule is O=C(O)c1cccnc1N1CCN(Cc2cccc(OC(F)(F)C(F)F)c2)CC1. The van der Waals surface area contributed by atoms with E-state index in [-0.39, 0.29) is 11.3 Å². The Bertz CT molecular complexity index is 858. The van der Waals surface area contributed by atoms with Crippen molar-refractivity contribution in [2.24, 2.45) is 0 Å². The van der Waals surface area contributed by atoms with Crippen LogP contribution in [0.15, 0.2) is 42.6 Å². The van der Waals surface area contributed by atoms with Crippen LogP contribution >= 0.6 is 0 Å². The second kappa shape index (κ2) is 8.64. The fraction of sp³-hybridized carbons (Fsp3) is 0.368. The Morgan fingerprint density at radius 1 is 1.17 bits per heavy atom. The normalized spacial score (nSPS) is 15.6. The molecule has 0 radical (unpaired) electrons. The summed E-state index contributed by atoms with van der Waals surface area (Å²) in [7, 11) is 0. The second-order valence-corrected chi connectivity index (χ2v) is 6.55. The first-order chi connectivity index (χ1) is 13.8. The van der Waals surface area contributed by atoms with Crippen molar-refractivity contribution in [3.05, 3.63) is 53.7 Å². The summed E-state index contributed by atoms with van der Waals surface area (Å²) < 4.78 is 54.9. The van der Waals surface area contributed by atoms with Crippen molar-refractivity contribution in [1.29, 1.82) is 0 Å². The molecule has 1 aliphatic rings. The highest BCUT2D eigenvalue weighted by atomic mass is 19.3. The Balaban J connectivity index is 1.60. The summed E-state index contributed by atoms with van der Waals surface area (Å²) >= 11 is 0. The molecule has 0 spiro atoms. The third kappa shape index (κ3) is 5.14. The van der Waals surface area contributed by atoms with E-state index in [0.29, 0.717) is 44.1 Å². The van der Waals surface area contributed by atoms with Gasteiger partial charge < -0.3 is 14.7 Å². The lowest BCUT2D eigenvalue weighted by Crippen LogP contribution is -2.46. The minimum absolute atomic E-state index is 0.130. The third-order valence-electron chi connectivity index (χ3n) is 4.50. The number of halogens is 4. The molecule has 0 aliphatic carbocycles. The van der Waals surface area contributed by atoms with Gasteiger partial charge in [-0.1, -0.05) is 12.1 Å². The number of carboxylic acid groups (broad SMARTS) is 1. The van der Waals surface area contributed by atoms with Crippen LogP contribution in [-0.4, -0.2) is 59.7 Å². The van der Waals surface area contributed by atoms with E-state index in [1.165, 1.54) is 30.5 Å². The number of nitrogens with zero attached hydrogens (tertiary/aromatic N) is 3. The van der Waals surface area contributed by atoms with E-state index in [1.54, 1.807) is 12.1 Å². The number of pyridine rings is 1. The minimum Gasteiger partial charge on any atom is -0.478 e. The van der Waals surface area contributed by atoms with E-state index >= 15 is 0 Å². The molecule has 10 heteroatoms. The zero-order chi connectivity index (χ0) is 21.0. The maximum absolute atomic E-state index is 13.1. The van der Waals surface area contributed by atoms with Gasteiger partial charge in [0.25, 0.3) is 0 Å². The molecule has 2 heterocycles. The van der Waals surface area contributed by atoms with Gasteiger partial charge in [0.05, 0.1) is 0 Å². The topological polar surface area (TPSA) is 65.9 Å². The average Bonchev–Trinajstić information content (AvgIpc) is 2.68. The van der Waals surface area contributed by atoms with Crippen molar-refractivity contribution in [3.8, 4) is 5.75 Å². The van der Waals surface area contributed by atoms with Crippen molar-refractivity contribution < 1.29 is 32.2 Å². The van der Waals surface area contributed by atoms with Crippen LogP contribution in [-0.2, 0) is 6.54 Å². The van der Waals surface area contributed by atoms with Crippen LogP contribution in [0.3, 0.4) is 0 Å². The number of benzene rings is 1. The van der Waals surface area contributed by atoms with Crippen LogP contribution in [0.4, 0.5) is 23.4 Å². The lowest BCUT2D eigenvalue weighted by molar-refractivity contribution is -0.253. The van der Waals surface area contributed by atoms with E-state index in [1.807, 2.05) is 9.80 Å². The molecule has 0 saturated carbocycles. The summed E-state index contributed by atoms with van der Waals surface area (Å²) in [5, 5.41) is 9.29. The predicted molar refractivity (Wildman–Crippen MR) is 96.7 cm³/mol. The minimum atomic E-state index is -4.55. The Morgan fingerprint density at radius 2 is 1.90 bits per heavy atom. The molecule has 6 nitrogen and oxygen atoms in total. The van der Waals surface area contributed by atoms with Gasteiger partial charge in [0.15, 0.2) is 0 Å². The zero-order valence-electron chi connectivity index (χ0n) is 15.3. The number of piperazine rings is 1. The van der Waals surface area contributed by atoms with Gasteiger partial charge in [-0.2, -0.15) is 17.6 Å². The maximum Gasteiger partial charge on any atom is 0.461 e. The summed E-state index contributed by atoms with van der Waals surface area (Å²) in [6.45, 7) is 2.68. The third-order valence-corrected chi connectivity index (χ3v) is 4.50. The van der Waals surface area contributed by atoms with Gasteiger partial charge in [-0.25, -0.2) is 9.78 Å². The molecule has 1 fully saturated rings. The number of carboxylic acids is 1. The van der Waals surface area contributed by atoms with Crippen molar-refractivity contribution in [2.75, 3.05) is 31.1 Å². The van der Waals surface area contributed by atoms with Gasteiger partial charge in [-0.05, 0) is 29.8 Å². The van der Waals surface area contributed by atoms with Crippen LogP contribution in [0.5, 0.6) is 5.75 Å². The monoisotopic (exact) mass is 413 g/mol. The van der Waals surface area contributed by atoms with Gasteiger partial charge in [-0.3, -0.25) is 4.90 Å². The number of ether oxygens (including phenoxy) is 1. The number of alkyl halides is 4. The molecule has 0 amide bonds. The van der Waals surface area contributed by atoms with Crippen LogP contribution < -0.4 is 9.64 Å². The number of aromatic carboxylic acids is 1. The summed E-state index contributed by atoms with van der Waals surface area (Å²) in [5.41, 5.74) is 0.774. The molecule has 1 aromatic heterocycles. The molecule has 0 bridgehead atoms. The van der Waals surface area contributed by atoms with E-state index in [9.17, 15) is 27.5 Å².